The van der Waals surface area contributed by atoms with Gasteiger partial charge in [0.25, 0.3) is 5.22 Å². The number of nitrogens with zero attached hydrogens (tertiary/aromatic N) is 5. The van der Waals surface area contributed by atoms with Crippen LogP contribution in [-0.2, 0) is 0 Å². The predicted octanol–water partition coefficient (Wildman–Crippen LogP) is 1.77. The van der Waals surface area contributed by atoms with Gasteiger partial charge in [0.1, 0.15) is 0 Å². The van der Waals surface area contributed by atoms with Gasteiger partial charge >= 0.3 is 6.01 Å². The van der Waals surface area contributed by atoms with Crippen molar-refractivity contribution < 1.29 is 9.15 Å². The van der Waals surface area contributed by atoms with Gasteiger partial charge in [0.15, 0.2) is 0 Å². The summed E-state index contributed by atoms with van der Waals surface area (Å²) >= 11 is 6.83. The zero-order chi connectivity index (χ0) is 12.3. The van der Waals surface area contributed by atoms with E-state index in [0.717, 1.165) is 11.8 Å². The molecule has 0 aliphatic heterocycles. The van der Waals surface area contributed by atoms with Crippen LogP contribution in [0.5, 0.6) is 6.01 Å². The van der Waals surface area contributed by atoms with Crippen molar-refractivity contribution in [2.45, 2.75) is 24.2 Å². The lowest BCUT2D eigenvalue weighted by molar-refractivity contribution is 0.307. The first-order valence-electron chi connectivity index (χ1n) is 4.69. The van der Waals surface area contributed by atoms with Crippen LogP contribution in [0.25, 0.3) is 0 Å². The van der Waals surface area contributed by atoms with Crippen LogP contribution in [0.3, 0.4) is 0 Å². The third kappa shape index (κ3) is 3.27. The minimum Gasteiger partial charge on any atom is -0.464 e. The Morgan fingerprint density at radius 1 is 1.29 bits per heavy atom. The van der Waals surface area contributed by atoms with Gasteiger partial charge in [-0.25, -0.2) is 0 Å². The Morgan fingerprint density at radius 2 is 2.12 bits per heavy atom. The molecule has 0 atom stereocenters. The van der Waals surface area contributed by atoms with Crippen molar-refractivity contribution in [3.05, 3.63) is 11.2 Å². The van der Waals surface area contributed by atoms with Gasteiger partial charge < -0.3 is 9.15 Å². The molecule has 17 heavy (non-hydrogen) atoms. The van der Waals surface area contributed by atoms with Gasteiger partial charge in [-0.05, 0) is 18.5 Å². The standard InChI is InChI=1S/C8H8ClN5O2S/c1-3-15-6-10-5(9)11-7(12-6)17-8-14-13-4(2)16-8/h3H2,1-2H3. The molecular weight excluding hydrogens is 266 g/mol. The molecule has 90 valence electrons. The molecule has 0 saturated heterocycles. The molecule has 0 spiro atoms. The highest BCUT2D eigenvalue weighted by molar-refractivity contribution is 7.98. The van der Waals surface area contributed by atoms with E-state index < -0.39 is 0 Å². The van der Waals surface area contributed by atoms with E-state index in [4.69, 9.17) is 20.8 Å². The van der Waals surface area contributed by atoms with Crippen LogP contribution in [0.4, 0.5) is 0 Å². The number of rotatable bonds is 4. The van der Waals surface area contributed by atoms with Crippen molar-refractivity contribution in [2.24, 2.45) is 0 Å². The highest BCUT2D eigenvalue weighted by atomic mass is 35.5. The summed E-state index contributed by atoms with van der Waals surface area (Å²) in [6.07, 6.45) is 0. The number of ether oxygens (including phenoxy) is 1. The van der Waals surface area contributed by atoms with Gasteiger partial charge in [0, 0.05) is 18.7 Å². The highest BCUT2D eigenvalue weighted by Gasteiger charge is 2.11. The van der Waals surface area contributed by atoms with Crippen molar-refractivity contribution in [1.82, 2.24) is 25.1 Å². The molecule has 0 amide bonds. The lowest BCUT2D eigenvalue weighted by atomic mass is 10.8. The van der Waals surface area contributed by atoms with Crippen molar-refractivity contribution in [3.8, 4) is 6.01 Å². The minimum atomic E-state index is 0.0576. The van der Waals surface area contributed by atoms with Crippen LogP contribution in [0.2, 0.25) is 5.28 Å². The molecule has 0 aliphatic rings. The maximum atomic E-state index is 5.73. The van der Waals surface area contributed by atoms with Crippen molar-refractivity contribution >= 4 is 23.4 Å². The number of aromatic nitrogens is 5. The topological polar surface area (TPSA) is 86.8 Å². The van der Waals surface area contributed by atoms with Gasteiger partial charge in [0.05, 0.1) is 6.61 Å². The normalized spacial score (nSPS) is 10.5. The molecule has 0 unspecified atom stereocenters. The largest absolute Gasteiger partial charge is 0.464 e. The van der Waals surface area contributed by atoms with E-state index in [1.54, 1.807) is 6.92 Å². The summed E-state index contributed by atoms with van der Waals surface area (Å²) in [6, 6.07) is 0.172. The molecule has 9 heteroatoms. The molecule has 0 N–H and O–H groups in total. The molecule has 7 nitrogen and oxygen atoms in total. The molecule has 0 aromatic carbocycles. The smallest absolute Gasteiger partial charge is 0.321 e. The Labute approximate surface area is 106 Å². The van der Waals surface area contributed by atoms with E-state index >= 15 is 0 Å². The first-order chi connectivity index (χ1) is 8.17. The summed E-state index contributed by atoms with van der Waals surface area (Å²) in [5.41, 5.74) is 0. The van der Waals surface area contributed by atoms with Gasteiger partial charge in [-0.3, -0.25) is 0 Å². The quantitative estimate of drug-likeness (QED) is 0.833. The number of halogens is 1. The first-order valence-corrected chi connectivity index (χ1v) is 5.89. The summed E-state index contributed by atoms with van der Waals surface area (Å²) < 4.78 is 10.3. The van der Waals surface area contributed by atoms with Crippen LogP contribution < -0.4 is 4.74 Å². The zero-order valence-electron chi connectivity index (χ0n) is 9.05. The average molecular weight is 274 g/mol. The van der Waals surface area contributed by atoms with E-state index in [1.807, 2.05) is 6.92 Å². The molecule has 0 aliphatic carbocycles. The Kier molecular flexibility index (Phi) is 3.75. The summed E-state index contributed by atoms with van der Waals surface area (Å²) in [5.74, 6) is 0.470. The summed E-state index contributed by atoms with van der Waals surface area (Å²) in [4.78, 5) is 11.8. The van der Waals surface area contributed by atoms with E-state index in [2.05, 4.69) is 25.1 Å². The maximum absolute atomic E-state index is 5.73. The molecule has 2 heterocycles. The maximum Gasteiger partial charge on any atom is 0.321 e. The molecule has 2 aromatic heterocycles. The Morgan fingerprint density at radius 3 is 2.76 bits per heavy atom. The monoisotopic (exact) mass is 273 g/mol. The molecule has 0 fully saturated rings. The fourth-order valence-electron chi connectivity index (χ4n) is 0.952. The van der Waals surface area contributed by atoms with Crippen LogP contribution in [0.15, 0.2) is 14.8 Å². The third-order valence-corrected chi connectivity index (χ3v) is 2.40. The number of aryl methyl sites for hydroxylation is 1. The first kappa shape index (κ1) is 12.1. The van der Waals surface area contributed by atoms with Gasteiger partial charge in [-0.1, -0.05) is 0 Å². The van der Waals surface area contributed by atoms with Gasteiger partial charge in [-0.2, -0.15) is 15.0 Å². The lowest BCUT2D eigenvalue weighted by Gasteiger charge is -2.01. The Hall–Kier alpha value is -1.41. The Bertz CT molecular complexity index is 520. The second kappa shape index (κ2) is 5.28. The van der Waals surface area contributed by atoms with E-state index in [-0.39, 0.29) is 11.3 Å². The van der Waals surface area contributed by atoms with Crippen molar-refractivity contribution in [2.75, 3.05) is 6.61 Å². The van der Waals surface area contributed by atoms with E-state index in [1.165, 1.54) is 0 Å². The molecule has 0 radical (unpaired) electrons. The van der Waals surface area contributed by atoms with E-state index in [0.29, 0.717) is 22.9 Å². The third-order valence-electron chi connectivity index (χ3n) is 1.53. The van der Waals surface area contributed by atoms with E-state index in [9.17, 15) is 0 Å². The molecule has 2 aromatic rings. The summed E-state index contributed by atoms with van der Waals surface area (Å²) in [6.45, 7) is 3.97. The molecular formula is C8H8ClN5O2S. The van der Waals surface area contributed by atoms with Gasteiger partial charge in [-0.15, -0.1) is 10.2 Å². The Balaban J connectivity index is 2.20. The van der Waals surface area contributed by atoms with Crippen molar-refractivity contribution in [1.29, 1.82) is 0 Å². The molecule has 0 bridgehead atoms. The number of hydrogen-bond acceptors (Lipinski definition) is 8. The van der Waals surface area contributed by atoms with Crippen LogP contribution >= 0.6 is 23.4 Å². The van der Waals surface area contributed by atoms with Crippen LogP contribution in [-0.4, -0.2) is 31.8 Å². The number of hydrogen-bond donors (Lipinski definition) is 0. The van der Waals surface area contributed by atoms with Crippen molar-refractivity contribution in [3.63, 3.8) is 0 Å². The molecule has 0 saturated carbocycles. The highest BCUT2D eigenvalue weighted by Crippen LogP contribution is 2.24. The molecule has 2 rings (SSSR count). The fourth-order valence-corrected chi connectivity index (χ4v) is 1.81. The predicted molar refractivity (Wildman–Crippen MR) is 59.2 cm³/mol. The van der Waals surface area contributed by atoms with Crippen LogP contribution in [0, 0.1) is 6.92 Å². The second-order valence-electron chi connectivity index (χ2n) is 2.79. The average Bonchev–Trinajstić information content (AvgIpc) is 2.63. The summed E-state index contributed by atoms with van der Waals surface area (Å²) in [5, 5.41) is 8.24. The summed E-state index contributed by atoms with van der Waals surface area (Å²) in [7, 11) is 0. The SMILES string of the molecule is CCOc1nc(Cl)nc(Sc2nnc(C)o2)n1. The second-order valence-corrected chi connectivity index (χ2v) is 4.05. The van der Waals surface area contributed by atoms with Gasteiger partial charge in [0.2, 0.25) is 16.3 Å². The lowest BCUT2D eigenvalue weighted by Crippen LogP contribution is -2.00. The minimum absolute atomic E-state index is 0.0576. The fraction of sp³-hybridized carbons (Fsp3) is 0.375. The zero-order valence-corrected chi connectivity index (χ0v) is 10.6. The van der Waals surface area contributed by atoms with Crippen LogP contribution in [0.1, 0.15) is 12.8 Å².